The molecule has 1 saturated carbocycles. The van der Waals surface area contributed by atoms with E-state index in [0.29, 0.717) is 30.7 Å². The molecule has 1 atom stereocenters. The van der Waals surface area contributed by atoms with Crippen LogP contribution >= 0.6 is 0 Å². The second kappa shape index (κ2) is 4.65. The van der Waals surface area contributed by atoms with Crippen molar-refractivity contribution in [2.75, 3.05) is 6.54 Å². The number of H-pyrrole nitrogens is 1. The number of benzene rings is 1. The number of carbonyl (C=O) groups excluding carboxylic acids is 1. The Hall–Kier alpha value is -2.70. The van der Waals surface area contributed by atoms with Gasteiger partial charge in [-0.3, -0.25) is 4.79 Å². The summed E-state index contributed by atoms with van der Waals surface area (Å²) in [6.07, 6.45) is 4.37. The first-order valence-corrected chi connectivity index (χ1v) is 7.84. The zero-order valence-corrected chi connectivity index (χ0v) is 12.4. The first-order chi connectivity index (χ1) is 11.3. The summed E-state index contributed by atoms with van der Waals surface area (Å²) < 4.78 is 5.43. The Kier molecular flexibility index (Phi) is 2.59. The molecule has 1 N–H and O–H groups in total. The van der Waals surface area contributed by atoms with Crippen molar-refractivity contribution in [2.24, 2.45) is 0 Å². The number of nitrogens with zero attached hydrogens (tertiary/aromatic N) is 4. The maximum atomic E-state index is 12.1. The van der Waals surface area contributed by atoms with Gasteiger partial charge in [0.05, 0.1) is 23.3 Å². The summed E-state index contributed by atoms with van der Waals surface area (Å²) >= 11 is 0. The standard InChI is InChI=1S/C16H15N5O2/c22-14-6-10(7-21(14)11-2-3-11)16-19-15(20-23-16)9-1-4-12-13(5-9)18-8-17-12/h1,4-5,8,10-11H,2-3,6-7H2,(H,17,18)/t10-/m1/s1. The normalized spacial score (nSPS) is 21.5. The van der Waals surface area contributed by atoms with Gasteiger partial charge < -0.3 is 14.4 Å². The summed E-state index contributed by atoms with van der Waals surface area (Å²) in [6.45, 7) is 0.699. The van der Waals surface area contributed by atoms with E-state index in [-0.39, 0.29) is 11.8 Å². The molecule has 0 radical (unpaired) electrons. The molecule has 116 valence electrons. The number of imidazole rings is 1. The van der Waals surface area contributed by atoms with E-state index in [1.165, 1.54) is 0 Å². The van der Waals surface area contributed by atoms with E-state index in [4.69, 9.17) is 4.52 Å². The number of hydrogen-bond acceptors (Lipinski definition) is 5. The van der Waals surface area contributed by atoms with E-state index >= 15 is 0 Å². The highest BCUT2D eigenvalue weighted by molar-refractivity contribution is 5.81. The molecule has 1 amide bonds. The van der Waals surface area contributed by atoms with Crippen LogP contribution in [-0.4, -0.2) is 43.5 Å². The van der Waals surface area contributed by atoms with Gasteiger partial charge in [-0.1, -0.05) is 5.16 Å². The highest BCUT2D eigenvalue weighted by Gasteiger charge is 2.41. The molecule has 1 aromatic carbocycles. The molecule has 3 heterocycles. The van der Waals surface area contributed by atoms with Crippen molar-refractivity contribution in [1.29, 1.82) is 0 Å². The maximum absolute atomic E-state index is 12.1. The monoisotopic (exact) mass is 309 g/mol. The van der Waals surface area contributed by atoms with E-state index in [1.54, 1.807) is 6.33 Å². The molecule has 23 heavy (non-hydrogen) atoms. The Morgan fingerprint density at radius 2 is 2.22 bits per heavy atom. The summed E-state index contributed by atoms with van der Waals surface area (Å²) in [5.74, 6) is 1.33. The molecule has 7 heteroatoms. The van der Waals surface area contributed by atoms with Gasteiger partial charge in [0.15, 0.2) is 0 Å². The van der Waals surface area contributed by atoms with Gasteiger partial charge in [0.25, 0.3) is 0 Å². The Morgan fingerprint density at radius 1 is 1.30 bits per heavy atom. The van der Waals surface area contributed by atoms with Crippen molar-refractivity contribution in [3.63, 3.8) is 0 Å². The fraction of sp³-hybridized carbons (Fsp3) is 0.375. The van der Waals surface area contributed by atoms with Crippen LogP contribution in [0, 0.1) is 0 Å². The summed E-state index contributed by atoms with van der Waals surface area (Å²) in [6, 6.07) is 6.24. The van der Waals surface area contributed by atoms with E-state index in [0.717, 1.165) is 29.4 Å². The second-order valence-electron chi connectivity index (χ2n) is 6.27. The topological polar surface area (TPSA) is 87.9 Å². The van der Waals surface area contributed by atoms with Crippen LogP contribution in [0.4, 0.5) is 0 Å². The smallest absolute Gasteiger partial charge is 0.232 e. The van der Waals surface area contributed by atoms with Gasteiger partial charge in [-0.05, 0) is 31.0 Å². The number of amides is 1. The van der Waals surface area contributed by atoms with Gasteiger partial charge in [-0.25, -0.2) is 4.98 Å². The van der Waals surface area contributed by atoms with Gasteiger partial charge >= 0.3 is 0 Å². The van der Waals surface area contributed by atoms with Gasteiger partial charge in [0.2, 0.25) is 17.6 Å². The van der Waals surface area contributed by atoms with E-state index in [9.17, 15) is 4.79 Å². The van der Waals surface area contributed by atoms with Crippen LogP contribution in [-0.2, 0) is 4.79 Å². The van der Waals surface area contributed by atoms with E-state index in [2.05, 4.69) is 20.1 Å². The first-order valence-electron chi connectivity index (χ1n) is 7.84. The minimum atomic E-state index is 0.0141. The molecular weight excluding hydrogens is 294 g/mol. The van der Waals surface area contributed by atoms with E-state index < -0.39 is 0 Å². The molecule has 0 bridgehead atoms. The average Bonchev–Trinajstić information content (AvgIpc) is 3.00. The van der Waals surface area contributed by atoms with Gasteiger partial charge in [0, 0.05) is 24.6 Å². The van der Waals surface area contributed by atoms with Gasteiger partial charge in [-0.2, -0.15) is 4.98 Å². The quantitative estimate of drug-likeness (QED) is 0.800. The lowest BCUT2D eigenvalue weighted by molar-refractivity contribution is -0.128. The van der Waals surface area contributed by atoms with Crippen molar-refractivity contribution in [3.05, 3.63) is 30.4 Å². The third-order valence-corrected chi connectivity index (χ3v) is 4.62. The Labute approximate surface area is 131 Å². The Balaban J connectivity index is 1.42. The molecule has 7 nitrogen and oxygen atoms in total. The number of aromatic amines is 1. The largest absolute Gasteiger partial charge is 0.345 e. The SMILES string of the molecule is O=C1C[C@@H](c2nc(-c3ccc4nc[nH]c4c3)no2)CN1C1CC1. The van der Waals surface area contributed by atoms with Gasteiger partial charge in [-0.15, -0.1) is 0 Å². The van der Waals surface area contributed by atoms with Crippen LogP contribution in [0.2, 0.25) is 0 Å². The zero-order valence-electron chi connectivity index (χ0n) is 12.4. The lowest BCUT2D eigenvalue weighted by Gasteiger charge is -2.13. The average molecular weight is 309 g/mol. The van der Waals surface area contributed by atoms with Crippen molar-refractivity contribution in [2.45, 2.75) is 31.2 Å². The molecule has 1 saturated heterocycles. The fourth-order valence-electron chi connectivity index (χ4n) is 3.23. The molecule has 3 aromatic rings. The van der Waals surface area contributed by atoms with Crippen LogP contribution in [0.1, 0.15) is 31.1 Å². The number of fused-ring (bicyclic) bond motifs is 1. The minimum absolute atomic E-state index is 0.0141. The summed E-state index contributed by atoms with van der Waals surface area (Å²) in [5.41, 5.74) is 2.71. The Bertz CT molecular complexity index is 895. The zero-order chi connectivity index (χ0) is 15.4. The molecule has 5 rings (SSSR count). The van der Waals surface area contributed by atoms with Crippen molar-refractivity contribution >= 4 is 16.9 Å². The molecular formula is C16H15N5O2. The van der Waals surface area contributed by atoms with Crippen LogP contribution in [0.5, 0.6) is 0 Å². The third-order valence-electron chi connectivity index (χ3n) is 4.62. The number of nitrogens with one attached hydrogen (secondary N) is 1. The van der Waals surface area contributed by atoms with Crippen LogP contribution in [0.3, 0.4) is 0 Å². The van der Waals surface area contributed by atoms with Crippen molar-refractivity contribution in [3.8, 4) is 11.4 Å². The predicted molar refractivity (Wildman–Crippen MR) is 81.5 cm³/mol. The summed E-state index contributed by atoms with van der Waals surface area (Å²) in [4.78, 5) is 25.8. The molecule has 2 aromatic heterocycles. The van der Waals surface area contributed by atoms with Crippen LogP contribution < -0.4 is 0 Å². The molecule has 2 fully saturated rings. The maximum Gasteiger partial charge on any atom is 0.232 e. The second-order valence-corrected chi connectivity index (χ2v) is 6.27. The van der Waals surface area contributed by atoms with Crippen LogP contribution in [0.15, 0.2) is 29.0 Å². The molecule has 1 aliphatic carbocycles. The summed E-state index contributed by atoms with van der Waals surface area (Å²) in [7, 11) is 0. The lowest BCUT2D eigenvalue weighted by atomic mass is 10.1. The molecule has 0 spiro atoms. The first kappa shape index (κ1) is 12.8. The number of aromatic nitrogens is 4. The molecule has 1 aliphatic heterocycles. The lowest BCUT2D eigenvalue weighted by Crippen LogP contribution is -2.27. The van der Waals surface area contributed by atoms with Crippen molar-refractivity contribution < 1.29 is 9.32 Å². The number of rotatable bonds is 3. The third kappa shape index (κ3) is 2.11. The summed E-state index contributed by atoms with van der Waals surface area (Å²) in [5, 5.41) is 4.08. The van der Waals surface area contributed by atoms with E-state index in [1.807, 2.05) is 23.1 Å². The van der Waals surface area contributed by atoms with Gasteiger partial charge in [0.1, 0.15) is 0 Å². The highest BCUT2D eigenvalue weighted by Crippen LogP contribution is 2.36. The number of carbonyl (C=O) groups is 1. The minimum Gasteiger partial charge on any atom is -0.345 e. The van der Waals surface area contributed by atoms with Crippen LogP contribution in [0.25, 0.3) is 22.4 Å². The highest BCUT2D eigenvalue weighted by atomic mass is 16.5. The molecule has 2 aliphatic rings. The Morgan fingerprint density at radius 3 is 3.09 bits per heavy atom. The molecule has 0 unspecified atom stereocenters. The van der Waals surface area contributed by atoms with Crippen molar-refractivity contribution in [1.82, 2.24) is 25.0 Å². The number of likely N-dealkylation sites (tertiary alicyclic amines) is 1. The predicted octanol–water partition coefficient (Wildman–Crippen LogP) is 2.09. The fourth-order valence-corrected chi connectivity index (χ4v) is 3.23. The number of hydrogen-bond donors (Lipinski definition) is 1.